The first-order valence-electron chi connectivity index (χ1n) is 13.5. The molecule has 0 amide bonds. The highest BCUT2D eigenvalue weighted by Crippen LogP contribution is 2.57. The quantitative estimate of drug-likeness (QED) is 0.131. The molecule has 0 fully saturated rings. The molecule has 4 aromatic rings. The van der Waals surface area contributed by atoms with E-state index >= 15 is 9.13 Å². The first kappa shape index (κ1) is 27.4. The molecule has 0 aliphatic carbocycles. The summed E-state index contributed by atoms with van der Waals surface area (Å²) in [4.78, 5) is 0. The number of unbranched alkanes of at least 4 members (excludes halogenated alkanes) is 4. The summed E-state index contributed by atoms with van der Waals surface area (Å²) in [6.45, 7) is 2.22. The molecule has 0 saturated heterocycles. The fourth-order valence-corrected chi connectivity index (χ4v) is 12.6. The van der Waals surface area contributed by atoms with E-state index in [4.69, 9.17) is 0 Å². The van der Waals surface area contributed by atoms with Crippen molar-refractivity contribution in [2.45, 2.75) is 51.1 Å². The van der Waals surface area contributed by atoms with Crippen LogP contribution in [-0.4, -0.2) is 11.8 Å². The third kappa shape index (κ3) is 6.43. The average molecular weight is 529 g/mol. The van der Waals surface area contributed by atoms with E-state index in [0.717, 1.165) is 40.5 Å². The van der Waals surface area contributed by atoms with Crippen LogP contribution < -0.4 is 21.2 Å². The zero-order valence-electron chi connectivity index (χ0n) is 21.8. The van der Waals surface area contributed by atoms with Crippen LogP contribution in [0.2, 0.25) is 0 Å². The lowest BCUT2D eigenvalue weighted by Crippen LogP contribution is -2.32. The maximum atomic E-state index is 15.5. The Labute approximate surface area is 222 Å². The summed E-state index contributed by atoms with van der Waals surface area (Å²) < 4.78 is 30.6. The normalized spacial score (nSPS) is 12.8. The molecular weight excluding hydrogens is 490 g/mol. The van der Waals surface area contributed by atoms with Gasteiger partial charge < -0.3 is 9.13 Å². The molecule has 192 valence electrons. The maximum absolute atomic E-state index is 15.5. The van der Waals surface area contributed by atoms with Crippen LogP contribution in [0.1, 0.15) is 45.4 Å². The lowest BCUT2D eigenvalue weighted by Gasteiger charge is -2.32. The van der Waals surface area contributed by atoms with E-state index < -0.39 is 14.3 Å². The van der Waals surface area contributed by atoms with E-state index in [1.807, 2.05) is 121 Å². The summed E-state index contributed by atoms with van der Waals surface area (Å²) in [6, 6.07) is 39.4. The topological polar surface area (TPSA) is 34.1 Å². The van der Waals surface area contributed by atoms with Crippen LogP contribution in [0, 0.1) is 0 Å². The van der Waals surface area contributed by atoms with Crippen molar-refractivity contribution in [1.82, 2.24) is 0 Å². The number of hydrogen-bond donors (Lipinski definition) is 0. The lowest BCUT2D eigenvalue weighted by molar-refractivity contribution is 0.556. The molecule has 0 heterocycles. The minimum atomic E-state index is -3.10. The molecule has 2 nitrogen and oxygen atoms in total. The number of benzene rings is 4. The van der Waals surface area contributed by atoms with Gasteiger partial charge in [0.05, 0.1) is 0 Å². The molecule has 37 heavy (non-hydrogen) atoms. The predicted octanol–water partition coefficient (Wildman–Crippen LogP) is 7.74. The van der Waals surface area contributed by atoms with Crippen LogP contribution >= 0.6 is 14.3 Å². The van der Waals surface area contributed by atoms with Gasteiger partial charge in [-0.2, -0.15) is 0 Å². The largest absolute Gasteiger partial charge is 0.314 e. The molecule has 0 spiro atoms. The average Bonchev–Trinajstić information content (AvgIpc) is 2.97. The van der Waals surface area contributed by atoms with Gasteiger partial charge in [-0.05, 0) is 6.42 Å². The first-order valence-corrected chi connectivity index (χ1v) is 17.2. The van der Waals surface area contributed by atoms with E-state index in [-0.39, 0.29) is 5.66 Å². The Morgan fingerprint density at radius 3 is 1.30 bits per heavy atom. The summed E-state index contributed by atoms with van der Waals surface area (Å²) in [5.41, 5.74) is -0.231. The maximum Gasteiger partial charge on any atom is 0.146 e. The standard InChI is InChI=1S/C33H38O2P2/c1-2-3-4-5-10-27-33(37(35,31-23-15-8-16-24-31)32-25-17-9-18-26-32)28-36(34,29-19-11-6-12-20-29)30-21-13-7-14-22-30/h6-9,11-26,33H,2-5,10,27-28H2,1H3. The summed E-state index contributed by atoms with van der Waals surface area (Å²) in [7, 11) is -6.15. The van der Waals surface area contributed by atoms with E-state index in [9.17, 15) is 0 Å². The fourth-order valence-electron chi connectivity index (χ4n) is 5.24. The highest BCUT2D eigenvalue weighted by molar-refractivity contribution is 7.82. The van der Waals surface area contributed by atoms with Gasteiger partial charge in [0.2, 0.25) is 0 Å². The van der Waals surface area contributed by atoms with Crippen LogP contribution in [0.3, 0.4) is 0 Å². The molecule has 1 unspecified atom stereocenters. The smallest absolute Gasteiger partial charge is 0.146 e. The van der Waals surface area contributed by atoms with Gasteiger partial charge in [0.1, 0.15) is 14.3 Å². The third-order valence-corrected chi connectivity index (χ3v) is 14.4. The van der Waals surface area contributed by atoms with Gasteiger partial charge >= 0.3 is 0 Å². The van der Waals surface area contributed by atoms with E-state index in [1.54, 1.807) is 0 Å². The minimum Gasteiger partial charge on any atom is -0.314 e. The Kier molecular flexibility index (Phi) is 9.79. The summed E-state index contributed by atoms with van der Waals surface area (Å²) in [5, 5.41) is 3.38. The Morgan fingerprint density at radius 2 is 0.892 bits per heavy atom. The molecule has 4 heteroatoms. The van der Waals surface area contributed by atoms with Gasteiger partial charge in [0.25, 0.3) is 0 Å². The second-order valence-corrected chi connectivity index (χ2v) is 15.7. The molecule has 4 aromatic carbocycles. The SMILES string of the molecule is CCCCCCCC(CP(=O)(c1ccccc1)c1ccccc1)P(=O)(c1ccccc1)c1ccccc1. The van der Waals surface area contributed by atoms with Gasteiger partial charge in [-0.15, -0.1) is 0 Å². The molecule has 4 rings (SSSR count). The fraction of sp³-hybridized carbons (Fsp3) is 0.273. The van der Waals surface area contributed by atoms with Crippen molar-refractivity contribution in [3.05, 3.63) is 121 Å². The summed E-state index contributed by atoms with van der Waals surface area (Å²) >= 11 is 0. The van der Waals surface area contributed by atoms with Gasteiger partial charge in [-0.3, -0.25) is 0 Å². The molecule has 0 aliphatic rings. The molecular formula is C33H38O2P2. The Balaban J connectivity index is 1.84. The highest BCUT2D eigenvalue weighted by Gasteiger charge is 2.41. The van der Waals surface area contributed by atoms with Crippen molar-refractivity contribution in [3.63, 3.8) is 0 Å². The predicted molar refractivity (Wildman–Crippen MR) is 162 cm³/mol. The summed E-state index contributed by atoms with van der Waals surface area (Å²) in [6.07, 6.45) is 6.84. The van der Waals surface area contributed by atoms with E-state index in [2.05, 4.69) is 6.92 Å². The van der Waals surface area contributed by atoms with Gasteiger partial charge in [-0.1, -0.05) is 160 Å². The van der Waals surface area contributed by atoms with Crippen molar-refractivity contribution in [2.24, 2.45) is 0 Å². The van der Waals surface area contributed by atoms with Crippen molar-refractivity contribution >= 4 is 35.5 Å². The van der Waals surface area contributed by atoms with Crippen molar-refractivity contribution in [2.75, 3.05) is 6.16 Å². The van der Waals surface area contributed by atoms with Crippen LogP contribution in [0.15, 0.2) is 121 Å². The Bertz CT molecular complexity index is 1220. The molecule has 0 N–H and O–H groups in total. The number of rotatable bonds is 13. The van der Waals surface area contributed by atoms with Crippen LogP contribution in [0.4, 0.5) is 0 Å². The molecule has 0 bridgehead atoms. The van der Waals surface area contributed by atoms with Gasteiger partial charge in [0, 0.05) is 33.0 Å². The highest BCUT2D eigenvalue weighted by atomic mass is 31.2. The Morgan fingerprint density at radius 1 is 0.514 bits per heavy atom. The van der Waals surface area contributed by atoms with Crippen LogP contribution in [-0.2, 0) is 9.13 Å². The van der Waals surface area contributed by atoms with E-state index in [0.29, 0.717) is 6.16 Å². The second-order valence-electron chi connectivity index (χ2n) is 9.78. The second kappa shape index (κ2) is 13.2. The first-order chi connectivity index (χ1) is 18.1. The van der Waals surface area contributed by atoms with Crippen LogP contribution in [0.5, 0.6) is 0 Å². The van der Waals surface area contributed by atoms with Gasteiger partial charge in [-0.25, -0.2) is 0 Å². The zero-order chi connectivity index (χ0) is 26.0. The molecule has 0 aliphatic heterocycles. The molecule has 0 saturated carbocycles. The van der Waals surface area contributed by atoms with Crippen molar-refractivity contribution in [1.29, 1.82) is 0 Å². The monoisotopic (exact) mass is 528 g/mol. The zero-order valence-corrected chi connectivity index (χ0v) is 23.6. The number of hydrogen-bond acceptors (Lipinski definition) is 2. The van der Waals surface area contributed by atoms with Crippen molar-refractivity contribution in [3.8, 4) is 0 Å². The van der Waals surface area contributed by atoms with Crippen molar-refractivity contribution < 1.29 is 9.13 Å². The van der Waals surface area contributed by atoms with Gasteiger partial charge in [0.15, 0.2) is 0 Å². The molecule has 0 radical (unpaired) electrons. The minimum absolute atomic E-state index is 0.231. The van der Waals surface area contributed by atoms with Crippen LogP contribution in [0.25, 0.3) is 0 Å². The third-order valence-electron chi connectivity index (χ3n) is 7.25. The molecule has 1 atom stereocenters. The summed E-state index contributed by atoms with van der Waals surface area (Å²) in [5.74, 6) is 0. The lowest BCUT2D eigenvalue weighted by atomic mass is 10.1. The molecule has 0 aromatic heterocycles. The van der Waals surface area contributed by atoms with E-state index in [1.165, 1.54) is 19.3 Å². The Hall–Kier alpha value is -2.66.